The molecule has 4 nitrogen and oxygen atoms in total. The average molecular weight is 431 g/mol. The van der Waals surface area contributed by atoms with E-state index < -0.39 is 0 Å². The molecule has 4 rings (SSSR count). The molecule has 2 aliphatic rings. The maximum Gasteiger partial charge on any atom is 0.176 e. The Kier molecular flexibility index (Phi) is 6.58. The molecule has 2 saturated heterocycles. The van der Waals surface area contributed by atoms with E-state index in [1.165, 1.54) is 28.2 Å². The summed E-state index contributed by atoms with van der Waals surface area (Å²) in [5.74, 6) is 0. The molecule has 30 heavy (non-hydrogen) atoms. The lowest BCUT2D eigenvalue weighted by Crippen LogP contribution is -2.49. The molecule has 0 amide bonds. The lowest BCUT2D eigenvalue weighted by Gasteiger charge is -2.40. The fourth-order valence-electron chi connectivity index (χ4n) is 5.05. The smallest absolute Gasteiger partial charge is 0.176 e. The predicted molar refractivity (Wildman–Crippen MR) is 123 cm³/mol. The van der Waals surface area contributed by atoms with Crippen molar-refractivity contribution in [3.05, 3.63) is 51.7 Å². The number of nitrogens with zero attached hydrogens (tertiary/aromatic N) is 3. The summed E-state index contributed by atoms with van der Waals surface area (Å²) in [7, 11) is 0. The Morgan fingerprint density at radius 1 is 1.17 bits per heavy atom. The molecule has 0 spiro atoms. The van der Waals surface area contributed by atoms with Crippen molar-refractivity contribution in [3.8, 4) is 0 Å². The summed E-state index contributed by atoms with van der Waals surface area (Å²) in [6.45, 7) is 14.4. The number of halogens is 1. The molecule has 0 aliphatic carbocycles. The minimum Gasteiger partial charge on any atom is -0.314 e. The first-order chi connectivity index (χ1) is 14.4. The zero-order valence-electron chi connectivity index (χ0n) is 18.6. The van der Waals surface area contributed by atoms with Gasteiger partial charge in [0.15, 0.2) is 5.13 Å². The number of hydrogen-bond donors (Lipinski definition) is 1. The first-order valence-electron chi connectivity index (χ1n) is 11.2. The average Bonchev–Trinajstić information content (AvgIpc) is 3.35. The third kappa shape index (κ3) is 4.93. The van der Waals surface area contributed by atoms with E-state index in [0.29, 0.717) is 0 Å². The van der Waals surface area contributed by atoms with Gasteiger partial charge in [0.25, 0.3) is 0 Å². The predicted octanol–water partition coefficient (Wildman–Crippen LogP) is 4.06. The molecule has 2 aromatic heterocycles. The molecule has 2 aliphatic heterocycles. The van der Waals surface area contributed by atoms with Gasteiger partial charge in [-0.15, -0.1) is 11.3 Å². The highest BCUT2D eigenvalue weighted by atomic mass is 32.1. The van der Waals surface area contributed by atoms with E-state index in [1.54, 1.807) is 6.07 Å². The van der Waals surface area contributed by atoms with Crippen molar-refractivity contribution < 1.29 is 4.39 Å². The van der Waals surface area contributed by atoms with Gasteiger partial charge in [-0.3, -0.25) is 9.88 Å². The van der Waals surface area contributed by atoms with Gasteiger partial charge in [-0.2, -0.15) is 4.39 Å². The zero-order chi connectivity index (χ0) is 21.2. The van der Waals surface area contributed by atoms with Gasteiger partial charge in [-0.05, 0) is 75.8 Å². The highest BCUT2D eigenvalue weighted by molar-refractivity contribution is 7.10. The molecule has 0 saturated carbocycles. The SMILES string of the molecule is Cc1ccc(C(C)(C)N2CC[C@@](CCc3ccc(F)s3)(CN3CCNCC3)C2)cn1. The van der Waals surface area contributed by atoms with Crippen molar-refractivity contribution in [2.24, 2.45) is 5.41 Å². The fourth-order valence-corrected chi connectivity index (χ4v) is 5.78. The van der Waals surface area contributed by atoms with Gasteiger partial charge >= 0.3 is 0 Å². The Morgan fingerprint density at radius 2 is 1.97 bits per heavy atom. The lowest BCUT2D eigenvalue weighted by molar-refractivity contribution is 0.0952. The number of aromatic nitrogens is 1. The number of pyridine rings is 1. The quantitative estimate of drug-likeness (QED) is 0.718. The molecule has 2 fully saturated rings. The van der Waals surface area contributed by atoms with Crippen molar-refractivity contribution in [1.82, 2.24) is 20.1 Å². The number of hydrogen-bond acceptors (Lipinski definition) is 5. The Bertz CT molecular complexity index is 828. The number of rotatable bonds is 7. The summed E-state index contributed by atoms with van der Waals surface area (Å²) in [4.78, 5) is 11.0. The molecule has 0 bridgehead atoms. The molecule has 4 heterocycles. The molecule has 0 radical (unpaired) electrons. The Labute approximate surface area is 184 Å². The fraction of sp³-hybridized carbons (Fsp3) is 0.625. The number of aryl methyl sites for hydroxylation is 2. The monoisotopic (exact) mass is 430 g/mol. The Balaban J connectivity index is 1.51. The molecular formula is C24H35FN4S. The van der Waals surface area contributed by atoms with Gasteiger partial charge in [0.2, 0.25) is 0 Å². The maximum absolute atomic E-state index is 13.5. The highest BCUT2D eigenvalue weighted by Gasteiger charge is 2.44. The van der Waals surface area contributed by atoms with Crippen molar-refractivity contribution in [2.45, 2.75) is 45.6 Å². The minimum absolute atomic E-state index is 0.0407. The molecule has 0 aromatic carbocycles. The van der Waals surface area contributed by atoms with Crippen molar-refractivity contribution in [2.75, 3.05) is 45.8 Å². The Morgan fingerprint density at radius 3 is 2.63 bits per heavy atom. The lowest BCUT2D eigenvalue weighted by atomic mass is 9.81. The van der Waals surface area contributed by atoms with E-state index in [2.05, 4.69) is 46.1 Å². The van der Waals surface area contributed by atoms with Crippen LogP contribution in [-0.2, 0) is 12.0 Å². The van der Waals surface area contributed by atoms with Crippen LogP contribution in [0.3, 0.4) is 0 Å². The molecule has 1 N–H and O–H groups in total. The van der Waals surface area contributed by atoms with Crippen LogP contribution in [0.4, 0.5) is 4.39 Å². The van der Waals surface area contributed by atoms with Gasteiger partial charge in [0, 0.05) is 61.6 Å². The maximum atomic E-state index is 13.5. The van der Waals surface area contributed by atoms with E-state index in [9.17, 15) is 4.39 Å². The van der Waals surface area contributed by atoms with Crippen LogP contribution < -0.4 is 5.32 Å². The number of nitrogens with one attached hydrogen (secondary N) is 1. The van der Waals surface area contributed by atoms with Gasteiger partial charge in [0.05, 0.1) is 0 Å². The normalized spacial score (nSPS) is 23.9. The van der Waals surface area contributed by atoms with Crippen molar-refractivity contribution in [3.63, 3.8) is 0 Å². The topological polar surface area (TPSA) is 31.4 Å². The summed E-state index contributed by atoms with van der Waals surface area (Å²) < 4.78 is 13.5. The van der Waals surface area contributed by atoms with Crippen LogP contribution in [0.25, 0.3) is 0 Å². The van der Waals surface area contributed by atoms with Crippen LogP contribution >= 0.6 is 11.3 Å². The van der Waals surface area contributed by atoms with Crippen LogP contribution in [-0.4, -0.2) is 60.6 Å². The largest absolute Gasteiger partial charge is 0.314 e. The summed E-state index contributed by atoms with van der Waals surface area (Å²) in [6.07, 6.45) is 5.34. The molecule has 2 aromatic rings. The molecular weight excluding hydrogens is 395 g/mol. The second-order valence-corrected chi connectivity index (χ2v) is 10.8. The van der Waals surface area contributed by atoms with E-state index in [-0.39, 0.29) is 16.1 Å². The number of piperazine rings is 1. The van der Waals surface area contributed by atoms with Gasteiger partial charge in [-0.25, -0.2) is 0 Å². The summed E-state index contributed by atoms with van der Waals surface area (Å²) in [6, 6.07) is 7.92. The first-order valence-corrected chi connectivity index (χ1v) is 12.0. The Hall–Kier alpha value is -1.34. The van der Waals surface area contributed by atoms with Gasteiger partial charge < -0.3 is 10.2 Å². The third-order valence-electron chi connectivity index (χ3n) is 7.15. The van der Waals surface area contributed by atoms with Crippen molar-refractivity contribution in [1.29, 1.82) is 0 Å². The van der Waals surface area contributed by atoms with E-state index in [4.69, 9.17) is 0 Å². The second-order valence-electron chi connectivity index (χ2n) is 9.65. The summed E-state index contributed by atoms with van der Waals surface area (Å²) >= 11 is 1.31. The second kappa shape index (κ2) is 9.03. The summed E-state index contributed by atoms with van der Waals surface area (Å²) in [5.41, 5.74) is 2.56. The van der Waals surface area contributed by atoms with Crippen LogP contribution in [0.2, 0.25) is 0 Å². The number of likely N-dealkylation sites (tertiary alicyclic amines) is 1. The summed E-state index contributed by atoms with van der Waals surface area (Å²) in [5, 5.41) is 3.41. The standard InChI is InChI=1S/C24H35FN4S/c1-19-4-5-20(16-27-19)23(2,3)29-13-10-24(18-29,17-28-14-11-26-12-15-28)9-8-21-6-7-22(25)30-21/h4-7,16,26H,8-15,17-18H2,1-3H3/t24-/m0/s1. The van der Waals surface area contributed by atoms with Gasteiger partial charge in [-0.1, -0.05) is 6.07 Å². The third-order valence-corrected chi connectivity index (χ3v) is 8.08. The molecule has 6 heteroatoms. The van der Waals surface area contributed by atoms with Crippen LogP contribution in [0, 0.1) is 17.5 Å². The van der Waals surface area contributed by atoms with Crippen LogP contribution in [0.1, 0.15) is 42.8 Å². The molecule has 164 valence electrons. The van der Waals surface area contributed by atoms with Gasteiger partial charge in [0.1, 0.15) is 0 Å². The van der Waals surface area contributed by atoms with Crippen LogP contribution in [0.5, 0.6) is 0 Å². The van der Waals surface area contributed by atoms with E-state index >= 15 is 0 Å². The van der Waals surface area contributed by atoms with Crippen LogP contribution in [0.15, 0.2) is 30.5 Å². The molecule has 1 atom stereocenters. The highest BCUT2D eigenvalue weighted by Crippen LogP contribution is 2.42. The minimum atomic E-state index is -0.0674. The molecule has 0 unspecified atom stereocenters. The first kappa shape index (κ1) is 21.9. The number of thiophene rings is 1. The zero-order valence-corrected chi connectivity index (χ0v) is 19.4. The van der Waals surface area contributed by atoms with E-state index in [1.807, 2.05) is 19.2 Å². The van der Waals surface area contributed by atoms with Crippen molar-refractivity contribution >= 4 is 11.3 Å². The van der Waals surface area contributed by atoms with E-state index in [0.717, 1.165) is 64.3 Å².